The van der Waals surface area contributed by atoms with E-state index < -0.39 is 16.8 Å². The summed E-state index contributed by atoms with van der Waals surface area (Å²) < 4.78 is 12.5. The molecule has 3 aliphatic rings. The number of carbonyl (C=O) groups excluding carboxylic acids is 2. The Kier molecular flexibility index (Phi) is 7.00. The third kappa shape index (κ3) is 4.66. The molecule has 1 heterocycles. The molecular formula is C39H35N3O4. The van der Waals surface area contributed by atoms with Crippen molar-refractivity contribution in [3.05, 3.63) is 148 Å². The molecule has 0 atom stereocenters. The molecule has 0 saturated heterocycles. The quantitative estimate of drug-likeness (QED) is 0.150. The van der Waals surface area contributed by atoms with Crippen molar-refractivity contribution in [2.45, 2.75) is 38.5 Å². The van der Waals surface area contributed by atoms with Crippen LogP contribution in [0.1, 0.15) is 76.1 Å². The van der Waals surface area contributed by atoms with E-state index in [1.54, 1.807) is 12.1 Å². The predicted octanol–water partition coefficient (Wildman–Crippen LogP) is 7.10. The standard InChI is InChI=1S/C39H35N3O4/c1-38(2,3)37(44)46-31-18-19-32(45-36(43)30-20-21-40-23-41-30)35-34(31)33-26-10-6-8-12-28(26)39(35,29-13-9-7-11-27(29)33)22-24-14-16-25(17-15-24)42(4)5/h6-21,23,33H,22H2,1-5H3. The Bertz CT molecular complexity index is 1930. The van der Waals surface area contributed by atoms with Crippen LogP contribution in [0.25, 0.3) is 0 Å². The highest BCUT2D eigenvalue weighted by Gasteiger charge is 2.54. The van der Waals surface area contributed by atoms with E-state index in [1.165, 1.54) is 18.6 Å². The molecule has 230 valence electrons. The molecule has 0 N–H and O–H groups in total. The molecule has 0 unspecified atom stereocenters. The minimum absolute atomic E-state index is 0.155. The van der Waals surface area contributed by atoms with Gasteiger partial charge >= 0.3 is 11.9 Å². The van der Waals surface area contributed by atoms with Crippen molar-refractivity contribution in [1.82, 2.24) is 9.97 Å². The molecule has 3 aliphatic carbocycles. The number of ether oxygens (including phenoxy) is 2. The van der Waals surface area contributed by atoms with E-state index in [2.05, 4.69) is 87.7 Å². The lowest BCUT2D eigenvalue weighted by atomic mass is 9.51. The summed E-state index contributed by atoms with van der Waals surface area (Å²) in [7, 11) is 4.05. The molecule has 4 aromatic carbocycles. The first kappa shape index (κ1) is 29.4. The largest absolute Gasteiger partial charge is 0.426 e. The fourth-order valence-electron chi connectivity index (χ4n) is 6.96. The van der Waals surface area contributed by atoms with E-state index in [-0.39, 0.29) is 17.6 Å². The predicted molar refractivity (Wildman–Crippen MR) is 177 cm³/mol. The Labute approximate surface area is 268 Å². The van der Waals surface area contributed by atoms with Crippen molar-refractivity contribution in [3.8, 4) is 11.5 Å². The average molecular weight is 610 g/mol. The number of carbonyl (C=O) groups is 2. The van der Waals surface area contributed by atoms with Crippen LogP contribution in [0.2, 0.25) is 0 Å². The zero-order chi connectivity index (χ0) is 32.2. The molecule has 8 rings (SSSR count). The van der Waals surface area contributed by atoms with Crippen molar-refractivity contribution >= 4 is 17.6 Å². The van der Waals surface area contributed by atoms with Crippen LogP contribution in [-0.2, 0) is 16.6 Å². The summed E-state index contributed by atoms with van der Waals surface area (Å²) in [4.78, 5) is 37.1. The Morgan fingerprint density at radius 2 is 1.43 bits per heavy atom. The molecule has 2 bridgehead atoms. The molecule has 0 saturated carbocycles. The van der Waals surface area contributed by atoms with Crippen molar-refractivity contribution in [3.63, 3.8) is 0 Å². The number of benzene rings is 4. The first-order valence-corrected chi connectivity index (χ1v) is 15.4. The van der Waals surface area contributed by atoms with Gasteiger partial charge in [-0.05, 0) is 85.3 Å². The summed E-state index contributed by atoms with van der Waals surface area (Å²) in [5, 5.41) is 0. The molecule has 0 amide bonds. The molecule has 7 nitrogen and oxygen atoms in total. The van der Waals surface area contributed by atoms with Gasteiger partial charge in [-0.3, -0.25) is 4.79 Å². The summed E-state index contributed by atoms with van der Waals surface area (Å²) in [6.45, 7) is 5.53. The van der Waals surface area contributed by atoms with E-state index in [9.17, 15) is 9.59 Å². The molecule has 0 spiro atoms. The van der Waals surface area contributed by atoms with Crippen LogP contribution in [0.3, 0.4) is 0 Å². The summed E-state index contributed by atoms with van der Waals surface area (Å²) in [5.41, 5.74) is 7.13. The minimum atomic E-state index is -0.762. The van der Waals surface area contributed by atoms with Crippen LogP contribution in [0.4, 0.5) is 5.69 Å². The normalized spacial score (nSPS) is 17.4. The lowest BCUT2D eigenvalue weighted by Gasteiger charge is -2.51. The van der Waals surface area contributed by atoms with Gasteiger partial charge in [0.25, 0.3) is 0 Å². The molecule has 7 heteroatoms. The van der Waals surface area contributed by atoms with Crippen molar-refractivity contribution < 1.29 is 19.1 Å². The first-order chi connectivity index (χ1) is 22.1. The number of esters is 2. The van der Waals surface area contributed by atoms with Crippen LogP contribution < -0.4 is 14.4 Å². The van der Waals surface area contributed by atoms with Gasteiger partial charge in [-0.25, -0.2) is 14.8 Å². The molecule has 0 aliphatic heterocycles. The van der Waals surface area contributed by atoms with Crippen molar-refractivity contribution in [2.75, 3.05) is 19.0 Å². The number of aromatic nitrogens is 2. The summed E-state index contributed by atoms with van der Waals surface area (Å²) in [6, 6.07) is 30.5. The lowest BCUT2D eigenvalue weighted by Crippen LogP contribution is -2.44. The lowest BCUT2D eigenvalue weighted by molar-refractivity contribution is -0.143. The highest BCUT2D eigenvalue weighted by Crippen LogP contribution is 2.64. The fourth-order valence-corrected chi connectivity index (χ4v) is 6.96. The molecular weight excluding hydrogens is 574 g/mol. The monoisotopic (exact) mass is 609 g/mol. The zero-order valence-electron chi connectivity index (χ0n) is 26.6. The SMILES string of the molecule is CN(C)c1ccc(CC23c4ccccc4C(c4ccccc42)c2c(OC(=O)C(C)(C)C)ccc(OC(=O)c4ccncn4)c23)cc1. The minimum Gasteiger partial charge on any atom is -0.426 e. The maximum Gasteiger partial charge on any atom is 0.362 e. The number of rotatable bonds is 6. The van der Waals surface area contributed by atoms with Crippen LogP contribution in [-0.4, -0.2) is 36.0 Å². The van der Waals surface area contributed by atoms with E-state index in [1.807, 2.05) is 34.9 Å². The first-order valence-electron chi connectivity index (χ1n) is 15.4. The zero-order valence-corrected chi connectivity index (χ0v) is 26.6. The van der Waals surface area contributed by atoms with Crippen molar-refractivity contribution in [1.29, 1.82) is 0 Å². The Morgan fingerprint density at radius 1 is 0.804 bits per heavy atom. The van der Waals surface area contributed by atoms with Gasteiger partial charge in [-0.15, -0.1) is 0 Å². The van der Waals surface area contributed by atoms with Gasteiger partial charge in [0.15, 0.2) is 5.69 Å². The smallest absolute Gasteiger partial charge is 0.362 e. The van der Waals surface area contributed by atoms with Gasteiger partial charge < -0.3 is 14.4 Å². The summed E-state index contributed by atoms with van der Waals surface area (Å²) in [6.07, 6.45) is 3.43. The van der Waals surface area contributed by atoms with Crippen LogP contribution in [0.15, 0.2) is 104 Å². The summed E-state index contributed by atoms with van der Waals surface area (Å²) in [5.74, 6) is -0.277. The van der Waals surface area contributed by atoms with E-state index in [4.69, 9.17) is 9.47 Å². The number of anilines is 1. The molecule has 46 heavy (non-hydrogen) atoms. The number of nitrogens with zero attached hydrogens (tertiary/aromatic N) is 3. The molecule has 0 fully saturated rings. The van der Waals surface area contributed by atoms with Crippen LogP contribution in [0.5, 0.6) is 11.5 Å². The second-order valence-corrected chi connectivity index (χ2v) is 13.2. The average Bonchev–Trinajstić information content (AvgIpc) is 3.06. The second-order valence-electron chi connectivity index (χ2n) is 13.2. The van der Waals surface area contributed by atoms with E-state index >= 15 is 0 Å². The molecule has 0 radical (unpaired) electrons. The van der Waals surface area contributed by atoms with Gasteiger partial charge in [0.2, 0.25) is 0 Å². The Balaban J connectivity index is 1.52. The highest BCUT2D eigenvalue weighted by atomic mass is 16.5. The van der Waals surface area contributed by atoms with Gasteiger partial charge in [0.1, 0.15) is 17.8 Å². The fraction of sp³-hybridized carbons (Fsp3) is 0.231. The highest BCUT2D eigenvalue weighted by molar-refractivity contribution is 5.90. The molecule has 1 aromatic heterocycles. The van der Waals surface area contributed by atoms with E-state index in [0.29, 0.717) is 17.9 Å². The van der Waals surface area contributed by atoms with Crippen molar-refractivity contribution in [2.24, 2.45) is 5.41 Å². The van der Waals surface area contributed by atoms with E-state index in [0.717, 1.165) is 44.6 Å². The van der Waals surface area contributed by atoms with Gasteiger partial charge in [0.05, 0.1) is 10.8 Å². The summed E-state index contributed by atoms with van der Waals surface area (Å²) >= 11 is 0. The third-order valence-electron chi connectivity index (χ3n) is 9.08. The number of hydrogen-bond acceptors (Lipinski definition) is 7. The van der Waals surface area contributed by atoms with Crippen LogP contribution in [0, 0.1) is 5.41 Å². The van der Waals surface area contributed by atoms with Gasteiger partial charge in [0, 0.05) is 43.0 Å². The van der Waals surface area contributed by atoms with Crippen LogP contribution >= 0.6 is 0 Å². The third-order valence-corrected chi connectivity index (χ3v) is 9.08. The Hall–Kier alpha value is -5.30. The number of hydrogen-bond donors (Lipinski definition) is 0. The topological polar surface area (TPSA) is 81.6 Å². The van der Waals surface area contributed by atoms with Gasteiger partial charge in [-0.2, -0.15) is 0 Å². The maximum atomic E-state index is 13.6. The van der Waals surface area contributed by atoms with Gasteiger partial charge in [-0.1, -0.05) is 60.7 Å². The Morgan fingerprint density at radius 3 is 2.02 bits per heavy atom. The second kappa shape index (κ2) is 10.9. The maximum absolute atomic E-state index is 13.6. The molecule has 5 aromatic rings.